The van der Waals surface area contributed by atoms with E-state index in [1.807, 2.05) is 6.92 Å². The highest BCUT2D eigenvalue weighted by molar-refractivity contribution is 7.89. The molecule has 3 heterocycles. The molecular weight excluding hydrogens is 340 g/mol. The summed E-state index contributed by atoms with van der Waals surface area (Å²) in [6.45, 7) is 4.78. The summed E-state index contributed by atoms with van der Waals surface area (Å²) in [5.74, 6) is 1.25. The van der Waals surface area contributed by atoms with Crippen LogP contribution >= 0.6 is 0 Å². The summed E-state index contributed by atoms with van der Waals surface area (Å²) in [5, 5.41) is 8.32. The number of hydrogen-bond donors (Lipinski definition) is 1. The van der Waals surface area contributed by atoms with Gasteiger partial charge in [0.25, 0.3) is 5.89 Å². The molecule has 0 bridgehead atoms. The van der Waals surface area contributed by atoms with Gasteiger partial charge in [0.2, 0.25) is 15.9 Å². The van der Waals surface area contributed by atoms with Crippen LogP contribution in [-0.4, -0.2) is 41.0 Å². The van der Waals surface area contributed by atoms with Gasteiger partial charge >= 0.3 is 0 Å². The van der Waals surface area contributed by atoms with Crippen LogP contribution in [0.1, 0.15) is 61.7 Å². The monoisotopic (exact) mass is 364 g/mol. The molecule has 2 fully saturated rings. The van der Waals surface area contributed by atoms with Crippen LogP contribution in [0.5, 0.6) is 0 Å². The van der Waals surface area contributed by atoms with Gasteiger partial charge in [0.05, 0.1) is 5.56 Å². The van der Waals surface area contributed by atoms with Crippen LogP contribution in [0.2, 0.25) is 0 Å². The molecule has 2 aromatic heterocycles. The van der Waals surface area contributed by atoms with Crippen molar-refractivity contribution in [3.8, 4) is 11.5 Å². The van der Waals surface area contributed by atoms with Crippen molar-refractivity contribution in [1.29, 1.82) is 0 Å². The lowest BCUT2D eigenvalue weighted by Gasteiger charge is -2.26. The van der Waals surface area contributed by atoms with E-state index >= 15 is 0 Å². The first-order chi connectivity index (χ1) is 12.0. The normalized spacial score (nSPS) is 19.9. The van der Waals surface area contributed by atoms with Crippen molar-refractivity contribution >= 4 is 10.0 Å². The fourth-order valence-electron chi connectivity index (χ4n) is 3.73. The van der Waals surface area contributed by atoms with Gasteiger partial charge in [-0.15, -0.1) is 10.2 Å². The molecule has 1 aliphatic carbocycles. The van der Waals surface area contributed by atoms with Crippen molar-refractivity contribution in [2.24, 2.45) is 0 Å². The highest BCUT2D eigenvalue weighted by Gasteiger charge is 2.35. The zero-order chi connectivity index (χ0) is 17.6. The molecule has 2 aromatic rings. The lowest BCUT2D eigenvalue weighted by atomic mass is 9.85. The maximum atomic E-state index is 13.2. The van der Waals surface area contributed by atoms with E-state index < -0.39 is 10.0 Å². The van der Waals surface area contributed by atoms with Gasteiger partial charge in [-0.25, -0.2) is 8.42 Å². The third-order valence-corrected chi connectivity index (χ3v) is 7.41. The molecule has 0 radical (unpaired) electrons. The zero-order valence-electron chi connectivity index (χ0n) is 14.7. The number of hydrogen-bond acceptors (Lipinski definition) is 5. The van der Waals surface area contributed by atoms with E-state index in [4.69, 9.17) is 4.42 Å². The average molecular weight is 364 g/mol. The van der Waals surface area contributed by atoms with Crippen LogP contribution in [-0.2, 0) is 10.0 Å². The van der Waals surface area contributed by atoms with Gasteiger partial charge in [0.15, 0.2) is 0 Å². The molecule has 7 nitrogen and oxygen atoms in total. The number of sulfonamides is 1. The Kier molecular flexibility index (Phi) is 4.19. The highest BCUT2D eigenvalue weighted by atomic mass is 32.2. The molecule has 136 valence electrons. The Morgan fingerprint density at radius 2 is 1.76 bits per heavy atom. The maximum Gasteiger partial charge on any atom is 0.250 e. The van der Waals surface area contributed by atoms with E-state index in [-0.39, 0.29) is 4.90 Å². The van der Waals surface area contributed by atoms with Gasteiger partial charge in [-0.3, -0.25) is 0 Å². The lowest BCUT2D eigenvalue weighted by Crippen LogP contribution is -2.36. The molecule has 1 aliphatic heterocycles. The SMILES string of the molecule is Cc1[nH]c(C)c(S(=O)(=O)N2CCCCC2)c1-c1nnc(C2CCC2)o1. The van der Waals surface area contributed by atoms with Crippen LogP contribution < -0.4 is 0 Å². The summed E-state index contributed by atoms with van der Waals surface area (Å²) >= 11 is 0. The van der Waals surface area contributed by atoms with Gasteiger partial charge in [0.1, 0.15) is 4.90 Å². The largest absolute Gasteiger partial charge is 0.420 e. The minimum absolute atomic E-state index is 0.288. The number of aromatic amines is 1. The molecule has 0 unspecified atom stereocenters. The van der Waals surface area contributed by atoms with Crippen molar-refractivity contribution < 1.29 is 12.8 Å². The van der Waals surface area contributed by atoms with Gasteiger partial charge < -0.3 is 9.40 Å². The summed E-state index contributed by atoms with van der Waals surface area (Å²) in [4.78, 5) is 3.44. The molecule has 0 spiro atoms. The lowest BCUT2D eigenvalue weighted by molar-refractivity contribution is 0.337. The topological polar surface area (TPSA) is 92.1 Å². The standard InChI is InChI=1S/C17H24N4O3S/c1-11-14(17-20-19-16(24-17)13-7-6-8-13)15(12(2)18-11)25(22,23)21-9-4-3-5-10-21/h13,18H,3-10H2,1-2H3. The van der Waals surface area contributed by atoms with Crippen LogP contribution in [0.25, 0.3) is 11.5 Å². The van der Waals surface area contributed by atoms with Crippen molar-refractivity contribution in [3.63, 3.8) is 0 Å². The molecule has 4 rings (SSSR count). The molecule has 2 aliphatic rings. The first-order valence-electron chi connectivity index (χ1n) is 9.01. The predicted molar refractivity (Wildman–Crippen MR) is 92.8 cm³/mol. The summed E-state index contributed by atoms with van der Waals surface area (Å²) in [5.41, 5.74) is 1.90. The number of H-pyrrole nitrogens is 1. The van der Waals surface area contributed by atoms with Crippen molar-refractivity contribution in [2.45, 2.75) is 63.2 Å². The Balaban J connectivity index is 1.77. The summed E-state index contributed by atoms with van der Waals surface area (Å²) in [6, 6.07) is 0. The minimum atomic E-state index is -3.58. The van der Waals surface area contributed by atoms with Crippen molar-refractivity contribution in [1.82, 2.24) is 19.5 Å². The van der Waals surface area contributed by atoms with Crippen molar-refractivity contribution in [2.75, 3.05) is 13.1 Å². The molecular formula is C17H24N4O3S. The Morgan fingerprint density at radius 3 is 2.40 bits per heavy atom. The summed E-state index contributed by atoms with van der Waals surface area (Å²) in [7, 11) is -3.58. The summed E-state index contributed by atoms with van der Waals surface area (Å²) in [6.07, 6.45) is 6.20. The van der Waals surface area contributed by atoms with Gasteiger partial charge in [-0.1, -0.05) is 12.8 Å². The number of aromatic nitrogens is 3. The molecule has 25 heavy (non-hydrogen) atoms. The fraction of sp³-hybridized carbons (Fsp3) is 0.647. The van der Waals surface area contributed by atoms with Crippen LogP contribution in [0.15, 0.2) is 9.31 Å². The third-order valence-electron chi connectivity index (χ3n) is 5.34. The first-order valence-corrected chi connectivity index (χ1v) is 10.5. The minimum Gasteiger partial charge on any atom is -0.420 e. The van der Waals surface area contributed by atoms with E-state index in [0.29, 0.717) is 42.0 Å². The first kappa shape index (κ1) is 16.8. The summed E-state index contributed by atoms with van der Waals surface area (Å²) < 4.78 is 33.9. The molecule has 8 heteroatoms. The van der Waals surface area contributed by atoms with Crippen LogP contribution in [0.3, 0.4) is 0 Å². The number of rotatable bonds is 4. The number of aryl methyl sites for hydroxylation is 2. The average Bonchev–Trinajstić information content (AvgIpc) is 3.11. The Labute approximate surface area is 147 Å². The second-order valence-electron chi connectivity index (χ2n) is 7.12. The molecule has 0 atom stereocenters. The molecule has 1 saturated heterocycles. The molecule has 0 amide bonds. The van der Waals surface area contributed by atoms with E-state index in [9.17, 15) is 8.42 Å². The van der Waals surface area contributed by atoms with Crippen molar-refractivity contribution in [3.05, 3.63) is 17.3 Å². The number of nitrogens with one attached hydrogen (secondary N) is 1. The van der Waals surface area contributed by atoms with Crippen LogP contribution in [0.4, 0.5) is 0 Å². The number of piperidine rings is 1. The van der Waals surface area contributed by atoms with Gasteiger partial charge in [-0.2, -0.15) is 4.31 Å². The third kappa shape index (κ3) is 2.81. The van der Waals surface area contributed by atoms with Gasteiger partial charge in [-0.05, 0) is 39.5 Å². The highest BCUT2D eigenvalue weighted by Crippen LogP contribution is 2.39. The second-order valence-corrected chi connectivity index (χ2v) is 8.99. The zero-order valence-corrected chi connectivity index (χ0v) is 15.5. The predicted octanol–water partition coefficient (Wildman–Crippen LogP) is 3.12. The van der Waals surface area contributed by atoms with E-state index in [0.717, 1.165) is 37.8 Å². The Morgan fingerprint density at radius 1 is 1.04 bits per heavy atom. The molecule has 0 aromatic carbocycles. The molecule has 1 N–H and O–H groups in total. The van der Waals surface area contributed by atoms with Crippen LogP contribution in [0, 0.1) is 13.8 Å². The fourth-order valence-corrected chi connectivity index (χ4v) is 5.66. The smallest absolute Gasteiger partial charge is 0.250 e. The second kappa shape index (κ2) is 6.25. The Bertz CT molecular complexity index is 874. The quantitative estimate of drug-likeness (QED) is 0.900. The van der Waals surface area contributed by atoms with E-state index in [1.165, 1.54) is 6.42 Å². The van der Waals surface area contributed by atoms with Gasteiger partial charge in [0, 0.05) is 30.4 Å². The molecule has 1 saturated carbocycles. The van der Waals surface area contributed by atoms with E-state index in [1.54, 1.807) is 11.2 Å². The number of nitrogens with zero attached hydrogens (tertiary/aromatic N) is 3. The van der Waals surface area contributed by atoms with E-state index in [2.05, 4.69) is 15.2 Å². The Hall–Kier alpha value is -1.67. The maximum absolute atomic E-state index is 13.2.